The number of carbonyl (C=O) groups excluding carboxylic acids is 3. The van der Waals surface area contributed by atoms with Crippen LogP contribution in [0.3, 0.4) is 0 Å². The number of hydrogen-bond donors (Lipinski definition) is 3. The van der Waals surface area contributed by atoms with Gasteiger partial charge in [0.05, 0.1) is 10.7 Å². The molecule has 0 spiro atoms. The van der Waals surface area contributed by atoms with Crippen LogP contribution in [0.4, 0.5) is 10.5 Å². The van der Waals surface area contributed by atoms with Gasteiger partial charge in [-0.15, -0.1) is 0 Å². The zero-order valence-electron chi connectivity index (χ0n) is 25.9. The van der Waals surface area contributed by atoms with E-state index in [4.69, 9.17) is 16.3 Å². The van der Waals surface area contributed by atoms with Gasteiger partial charge < -0.3 is 25.4 Å². The third-order valence-corrected chi connectivity index (χ3v) is 7.47. The van der Waals surface area contributed by atoms with Crippen molar-refractivity contribution < 1.29 is 24.2 Å². The number of hydrogen-bond acceptors (Lipinski definition) is 5. The molecule has 3 amide bonds. The highest BCUT2D eigenvalue weighted by Crippen LogP contribution is 2.36. The first-order valence-corrected chi connectivity index (χ1v) is 14.8. The topological polar surface area (TPSA) is 108 Å². The number of halogens is 1. The van der Waals surface area contributed by atoms with Crippen LogP contribution in [-0.2, 0) is 20.7 Å². The summed E-state index contributed by atoms with van der Waals surface area (Å²) in [6.45, 7) is 12.5. The lowest BCUT2D eigenvalue weighted by Crippen LogP contribution is -2.55. The van der Waals surface area contributed by atoms with E-state index in [0.29, 0.717) is 22.7 Å². The van der Waals surface area contributed by atoms with E-state index in [2.05, 4.69) is 10.6 Å². The van der Waals surface area contributed by atoms with Crippen LogP contribution in [0.1, 0.15) is 69.3 Å². The summed E-state index contributed by atoms with van der Waals surface area (Å²) in [5.41, 5.74) is 1.98. The Labute approximate surface area is 259 Å². The average molecular weight is 608 g/mol. The van der Waals surface area contributed by atoms with Gasteiger partial charge in [-0.1, -0.05) is 79.2 Å². The van der Waals surface area contributed by atoms with Gasteiger partial charge in [0.25, 0.3) is 5.91 Å². The lowest BCUT2D eigenvalue weighted by molar-refractivity contribution is -0.143. The highest BCUT2D eigenvalue weighted by atomic mass is 35.5. The Bertz CT molecular complexity index is 1420. The molecule has 0 heterocycles. The molecule has 3 aromatic carbocycles. The number of amides is 3. The van der Waals surface area contributed by atoms with E-state index < -0.39 is 41.6 Å². The Morgan fingerprint density at radius 3 is 2.19 bits per heavy atom. The van der Waals surface area contributed by atoms with Crippen LogP contribution in [-0.4, -0.2) is 45.6 Å². The number of benzene rings is 3. The molecule has 0 saturated heterocycles. The first kappa shape index (κ1) is 33.5. The monoisotopic (exact) mass is 607 g/mol. The van der Waals surface area contributed by atoms with Crippen molar-refractivity contribution in [2.45, 2.75) is 85.0 Å². The summed E-state index contributed by atoms with van der Waals surface area (Å²) < 4.78 is 5.50. The molecule has 0 fully saturated rings. The van der Waals surface area contributed by atoms with Gasteiger partial charge in [0.2, 0.25) is 5.91 Å². The van der Waals surface area contributed by atoms with Crippen molar-refractivity contribution in [3.8, 4) is 5.75 Å². The van der Waals surface area contributed by atoms with Crippen molar-refractivity contribution in [2.24, 2.45) is 0 Å². The summed E-state index contributed by atoms with van der Waals surface area (Å²) in [6.07, 6.45) is -0.0987. The van der Waals surface area contributed by atoms with E-state index in [0.717, 1.165) is 11.1 Å². The predicted octanol–water partition coefficient (Wildman–Crippen LogP) is 7.11. The van der Waals surface area contributed by atoms with Crippen molar-refractivity contribution in [1.82, 2.24) is 10.2 Å². The van der Waals surface area contributed by atoms with Gasteiger partial charge in [0.1, 0.15) is 23.4 Å². The van der Waals surface area contributed by atoms with Crippen molar-refractivity contribution >= 4 is 35.2 Å². The Balaban J connectivity index is 2.16. The van der Waals surface area contributed by atoms with Crippen LogP contribution in [0.5, 0.6) is 5.75 Å². The molecule has 0 aliphatic heterocycles. The molecule has 0 aliphatic carbocycles. The van der Waals surface area contributed by atoms with E-state index in [9.17, 15) is 19.5 Å². The van der Waals surface area contributed by atoms with Crippen molar-refractivity contribution in [2.75, 3.05) is 5.32 Å². The fourth-order valence-corrected chi connectivity index (χ4v) is 5.05. The van der Waals surface area contributed by atoms with Gasteiger partial charge in [-0.05, 0) is 70.7 Å². The highest BCUT2D eigenvalue weighted by molar-refractivity contribution is 6.34. The Morgan fingerprint density at radius 1 is 0.953 bits per heavy atom. The van der Waals surface area contributed by atoms with Crippen molar-refractivity contribution in [3.63, 3.8) is 0 Å². The zero-order valence-corrected chi connectivity index (χ0v) is 26.7. The number of phenols is 1. The molecular formula is C34H42ClN3O5. The Morgan fingerprint density at radius 2 is 1.58 bits per heavy atom. The largest absolute Gasteiger partial charge is 0.507 e. The number of nitrogens with one attached hydrogen (secondary N) is 2. The molecule has 3 N–H and O–H groups in total. The molecular weight excluding hydrogens is 566 g/mol. The predicted molar refractivity (Wildman–Crippen MR) is 170 cm³/mol. The molecule has 3 aromatic rings. The second kappa shape index (κ2) is 14.4. The third-order valence-electron chi connectivity index (χ3n) is 7.15. The number of nitrogens with zero attached hydrogens (tertiary/aromatic N) is 1. The summed E-state index contributed by atoms with van der Waals surface area (Å²) in [4.78, 5) is 43.3. The molecule has 0 aromatic heterocycles. The van der Waals surface area contributed by atoms with Crippen LogP contribution in [0.25, 0.3) is 0 Å². The molecule has 3 rings (SSSR count). The van der Waals surface area contributed by atoms with Crippen LogP contribution in [0.2, 0.25) is 5.02 Å². The molecule has 0 aliphatic rings. The molecule has 3 unspecified atom stereocenters. The number of anilines is 1. The second-order valence-corrected chi connectivity index (χ2v) is 12.1. The van der Waals surface area contributed by atoms with E-state index >= 15 is 0 Å². The highest BCUT2D eigenvalue weighted by Gasteiger charge is 2.40. The lowest BCUT2D eigenvalue weighted by atomic mass is 9.96. The van der Waals surface area contributed by atoms with E-state index in [1.54, 1.807) is 58.0 Å². The number of carbonyl (C=O) groups is 3. The molecule has 230 valence electrons. The SMILES string of the molecule is CCC(C)N(C(=O)C(Cc1ccccc1)NC(=O)OC(C)(C)C)C(C(=O)Nc1c(C)cccc1Cl)c1cccc(C)c1O. The quantitative estimate of drug-likeness (QED) is 0.228. The van der Waals surface area contributed by atoms with E-state index in [-0.39, 0.29) is 17.7 Å². The maximum absolute atomic E-state index is 14.6. The van der Waals surface area contributed by atoms with Crippen molar-refractivity contribution in [3.05, 3.63) is 94.0 Å². The van der Waals surface area contributed by atoms with Crippen LogP contribution in [0, 0.1) is 13.8 Å². The van der Waals surface area contributed by atoms with Crippen molar-refractivity contribution in [1.29, 1.82) is 0 Å². The maximum atomic E-state index is 14.6. The van der Waals surface area contributed by atoms with Crippen LogP contribution >= 0.6 is 11.6 Å². The summed E-state index contributed by atoms with van der Waals surface area (Å²) in [6, 6.07) is 16.8. The fraction of sp³-hybridized carbons (Fsp3) is 0.382. The normalized spacial score (nSPS) is 13.4. The van der Waals surface area contributed by atoms with Gasteiger partial charge in [0, 0.05) is 18.0 Å². The second-order valence-electron chi connectivity index (χ2n) is 11.7. The summed E-state index contributed by atoms with van der Waals surface area (Å²) in [7, 11) is 0. The summed E-state index contributed by atoms with van der Waals surface area (Å²) in [5.74, 6) is -1.15. The molecule has 9 heteroatoms. The van der Waals surface area contributed by atoms with Gasteiger partial charge in [0.15, 0.2) is 0 Å². The fourth-order valence-electron chi connectivity index (χ4n) is 4.78. The maximum Gasteiger partial charge on any atom is 0.408 e. The van der Waals surface area contributed by atoms with Gasteiger partial charge in [-0.25, -0.2) is 4.79 Å². The number of para-hydroxylation sites is 2. The average Bonchev–Trinajstić information content (AvgIpc) is 2.94. The molecule has 0 saturated carbocycles. The number of aromatic hydroxyl groups is 1. The van der Waals surface area contributed by atoms with Gasteiger partial charge in [-0.2, -0.15) is 0 Å². The first-order valence-electron chi connectivity index (χ1n) is 14.4. The summed E-state index contributed by atoms with van der Waals surface area (Å²) in [5, 5.41) is 17.2. The van der Waals surface area contributed by atoms with Crippen LogP contribution in [0.15, 0.2) is 66.7 Å². The molecule has 3 atom stereocenters. The van der Waals surface area contributed by atoms with E-state index in [1.165, 1.54) is 4.90 Å². The minimum atomic E-state index is -1.25. The number of ether oxygens (including phenoxy) is 1. The number of aryl methyl sites for hydroxylation is 2. The third kappa shape index (κ3) is 8.74. The smallest absolute Gasteiger partial charge is 0.408 e. The lowest BCUT2D eigenvalue weighted by Gasteiger charge is -2.38. The summed E-state index contributed by atoms with van der Waals surface area (Å²) >= 11 is 6.46. The van der Waals surface area contributed by atoms with E-state index in [1.807, 2.05) is 57.2 Å². The Kier molecular flexibility index (Phi) is 11.2. The van der Waals surface area contributed by atoms with Gasteiger partial charge in [-0.3, -0.25) is 9.59 Å². The molecule has 0 bridgehead atoms. The minimum absolute atomic E-state index is 0.0978. The van der Waals surface area contributed by atoms with Crippen LogP contribution < -0.4 is 10.6 Å². The zero-order chi connectivity index (χ0) is 31.9. The number of rotatable bonds is 10. The minimum Gasteiger partial charge on any atom is -0.507 e. The number of phenolic OH excluding ortho intramolecular Hbond substituents is 1. The molecule has 8 nitrogen and oxygen atoms in total. The number of alkyl carbamates (subject to hydrolysis) is 1. The standard InChI is InChI=1S/C34H42ClN3O5/c1-8-23(4)38(32(41)27(20-24-16-10-9-11-17-24)36-33(42)43-34(5,6)7)29(25-18-12-15-22(3)30(25)39)31(40)37-28-21(2)14-13-19-26(28)35/h9-19,23,27,29,39H,8,20H2,1-7H3,(H,36,42)(H,37,40). The Hall–Kier alpha value is -4.04. The first-order chi connectivity index (χ1) is 20.2. The van der Waals surface area contributed by atoms with Gasteiger partial charge >= 0.3 is 6.09 Å². The molecule has 43 heavy (non-hydrogen) atoms. The molecule has 0 radical (unpaired) electrons.